The predicted octanol–water partition coefficient (Wildman–Crippen LogP) is 1.92. The van der Waals surface area contributed by atoms with E-state index in [-0.39, 0.29) is 12.8 Å². The second-order valence-electron chi connectivity index (χ2n) is 4.03. The van der Waals surface area contributed by atoms with Crippen LogP contribution in [-0.2, 0) is 11.2 Å². The van der Waals surface area contributed by atoms with Crippen molar-refractivity contribution >= 4 is 6.03 Å². The summed E-state index contributed by atoms with van der Waals surface area (Å²) >= 11 is 0. The van der Waals surface area contributed by atoms with Crippen LogP contribution in [0.2, 0.25) is 0 Å². The number of hydrogen-bond donors (Lipinski definition) is 2. The molecule has 106 valence electrons. The molecular formula is C14H22N2O3. The van der Waals surface area contributed by atoms with Crippen molar-refractivity contribution in [2.24, 2.45) is 0 Å². The van der Waals surface area contributed by atoms with E-state index in [2.05, 4.69) is 17.6 Å². The summed E-state index contributed by atoms with van der Waals surface area (Å²) in [4.78, 5) is 11.4. The van der Waals surface area contributed by atoms with E-state index in [0.29, 0.717) is 13.2 Å². The lowest BCUT2D eigenvalue weighted by Crippen LogP contribution is -2.38. The van der Waals surface area contributed by atoms with Gasteiger partial charge in [0.05, 0.1) is 0 Å². The SMILES string of the molecule is CCc1ccccc1OCNC(=O)NCCCOC. The van der Waals surface area contributed by atoms with Crippen molar-refractivity contribution in [2.45, 2.75) is 19.8 Å². The first-order valence-corrected chi connectivity index (χ1v) is 6.49. The van der Waals surface area contributed by atoms with Crippen LogP contribution in [0, 0.1) is 0 Å². The fourth-order valence-electron chi connectivity index (χ4n) is 1.60. The topological polar surface area (TPSA) is 59.6 Å². The molecule has 2 N–H and O–H groups in total. The lowest BCUT2D eigenvalue weighted by atomic mass is 10.1. The lowest BCUT2D eigenvalue weighted by Gasteiger charge is -2.11. The maximum Gasteiger partial charge on any atom is 0.317 e. The maximum atomic E-state index is 11.4. The average molecular weight is 266 g/mol. The minimum atomic E-state index is -0.231. The molecule has 0 radical (unpaired) electrons. The van der Waals surface area contributed by atoms with Crippen LogP contribution in [0.25, 0.3) is 0 Å². The highest BCUT2D eigenvalue weighted by Crippen LogP contribution is 2.17. The van der Waals surface area contributed by atoms with E-state index in [0.717, 1.165) is 24.2 Å². The number of carbonyl (C=O) groups excluding carboxylic acids is 1. The molecule has 5 nitrogen and oxygen atoms in total. The molecule has 0 aliphatic carbocycles. The molecule has 0 heterocycles. The molecule has 0 unspecified atom stereocenters. The van der Waals surface area contributed by atoms with Gasteiger partial charge < -0.3 is 20.1 Å². The normalized spacial score (nSPS) is 10.0. The Bertz CT molecular complexity index is 383. The van der Waals surface area contributed by atoms with Crippen molar-refractivity contribution in [1.29, 1.82) is 0 Å². The van der Waals surface area contributed by atoms with Crippen LogP contribution in [0.3, 0.4) is 0 Å². The molecule has 1 rings (SSSR count). The third-order valence-electron chi connectivity index (χ3n) is 2.62. The number of carbonyl (C=O) groups is 1. The lowest BCUT2D eigenvalue weighted by molar-refractivity contribution is 0.192. The monoisotopic (exact) mass is 266 g/mol. The molecule has 2 amide bonds. The molecule has 0 bridgehead atoms. The fraction of sp³-hybridized carbons (Fsp3) is 0.500. The van der Waals surface area contributed by atoms with Gasteiger partial charge in [-0.3, -0.25) is 0 Å². The summed E-state index contributed by atoms with van der Waals surface area (Å²) in [6, 6.07) is 7.57. The number of benzene rings is 1. The van der Waals surface area contributed by atoms with Crippen molar-refractivity contribution in [3.63, 3.8) is 0 Å². The Labute approximate surface area is 114 Å². The molecule has 5 heteroatoms. The summed E-state index contributed by atoms with van der Waals surface area (Å²) in [5, 5.41) is 5.37. The summed E-state index contributed by atoms with van der Waals surface area (Å²) in [5.41, 5.74) is 1.13. The zero-order chi connectivity index (χ0) is 13.9. The Morgan fingerprint density at radius 1 is 1.26 bits per heavy atom. The Kier molecular flexibility index (Phi) is 7.43. The zero-order valence-electron chi connectivity index (χ0n) is 11.6. The standard InChI is InChI=1S/C14H22N2O3/c1-3-12-7-4-5-8-13(12)19-11-16-14(17)15-9-6-10-18-2/h4-5,7-8H,3,6,9-11H2,1-2H3,(H2,15,16,17). The Morgan fingerprint density at radius 2 is 2.05 bits per heavy atom. The molecular weight excluding hydrogens is 244 g/mol. The fourth-order valence-corrected chi connectivity index (χ4v) is 1.60. The van der Waals surface area contributed by atoms with Crippen LogP contribution in [0.5, 0.6) is 5.75 Å². The van der Waals surface area contributed by atoms with Crippen molar-refractivity contribution in [3.05, 3.63) is 29.8 Å². The van der Waals surface area contributed by atoms with E-state index in [1.165, 1.54) is 0 Å². The largest absolute Gasteiger partial charge is 0.473 e. The molecule has 1 aromatic rings. The first-order valence-electron chi connectivity index (χ1n) is 6.49. The highest BCUT2D eigenvalue weighted by atomic mass is 16.5. The van der Waals surface area contributed by atoms with E-state index in [9.17, 15) is 4.79 Å². The number of aryl methyl sites for hydroxylation is 1. The number of ether oxygens (including phenoxy) is 2. The van der Waals surface area contributed by atoms with Gasteiger partial charge in [0, 0.05) is 20.3 Å². The molecule has 0 aliphatic rings. The number of rotatable bonds is 8. The Hall–Kier alpha value is -1.75. The zero-order valence-corrected chi connectivity index (χ0v) is 11.6. The van der Waals surface area contributed by atoms with E-state index >= 15 is 0 Å². The molecule has 0 fully saturated rings. The van der Waals surface area contributed by atoms with Crippen LogP contribution in [0.1, 0.15) is 18.9 Å². The van der Waals surface area contributed by atoms with Gasteiger partial charge >= 0.3 is 6.03 Å². The summed E-state index contributed by atoms with van der Waals surface area (Å²) < 4.78 is 10.4. The van der Waals surface area contributed by atoms with E-state index < -0.39 is 0 Å². The summed E-state index contributed by atoms with van der Waals surface area (Å²) in [6.45, 7) is 3.46. The van der Waals surface area contributed by atoms with Gasteiger partial charge in [-0.25, -0.2) is 4.79 Å². The predicted molar refractivity (Wildman–Crippen MR) is 74.3 cm³/mol. The smallest absolute Gasteiger partial charge is 0.317 e. The molecule has 0 saturated carbocycles. The number of hydrogen-bond acceptors (Lipinski definition) is 3. The highest BCUT2D eigenvalue weighted by Gasteiger charge is 2.02. The van der Waals surface area contributed by atoms with Crippen molar-refractivity contribution < 1.29 is 14.3 Å². The van der Waals surface area contributed by atoms with Crippen LogP contribution in [0.4, 0.5) is 4.79 Å². The summed E-state index contributed by atoms with van der Waals surface area (Å²) in [7, 11) is 1.64. The minimum absolute atomic E-state index is 0.160. The highest BCUT2D eigenvalue weighted by molar-refractivity contribution is 5.73. The molecule has 1 aromatic carbocycles. The number of nitrogens with one attached hydrogen (secondary N) is 2. The number of methoxy groups -OCH3 is 1. The number of para-hydroxylation sites is 1. The average Bonchev–Trinajstić information content (AvgIpc) is 2.44. The first kappa shape index (κ1) is 15.3. The number of amides is 2. The Balaban J connectivity index is 2.20. The van der Waals surface area contributed by atoms with Gasteiger partial charge in [0.1, 0.15) is 5.75 Å². The van der Waals surface area contributed by atoms with Crippen molar-refractivity contribution in [1.82, 2.24) is 10.6 Å². The van der Waals surface area contributed by atoms with Gasteiger partial charge in [-0.1, -0.05) is 25.1 Å². The molecule has 19 heavy (non-hydrogen) atoms. The van der Waals surface area contributed by atoms with Gasteiger partial charge in [0.25, 0.3) is 0 Å². The molecule has 0 aromatic heterocycles. The van der Waals surface area contributed by atoms with E-state index in [1.54, 1.807) is 7.11 Å². The molecule has 0 saturated heterocycles. The van der Waals surface area contributed by atoms with Gasteiger partial charge in [-0.05, 0) is 24.5 Å². The van der Waals surface area contributed by atoms with Gasteiger partial charge in [-0.2, -0.15) is 0 Å². The van der Waals surface area contributed by atoms with Gasteiger partial charge in [0.2, 0.25) is 0 Å². The van der Waals surface area contributed by atoms with Gasteiger partial charge in [0.15, 0.2) is 6.73 Å². The second-order valence-corrected chi connectivity index (χ2v) is 4.03. The number of urea groups is 1. The van der Waals surface area contributed by atoms with E-state index in [4.69, 9.17) is 9.47 Å². The summed E-state index contributed by atoms with van der Waals surface area (Å²) in [6.07, 6.45) is 1.70. The van der Waals surface area contributed by atoms with Crippen LogP contribution < -0.4 is 15.4 Å². The molecule has 0 aliphatic heterocycles. The van der Waals surface area contributed by atoms with Crippen LogP contribution >= 0.6 is 0 Å². The van der Waals surface area contributed by atoms with Crippen molar-refractivity contribution in [2.75, 3.05) is 27.0 Å². The van der Waals surface area contributed by atoms with Gasteiger partial charge in [-0.15, -0.1) is 0 Å². The third kappa shape index (κ3) is 6.10. The molecule has 0 spiro atoms. The second kappa shape index (κ2) is 9.22. The van der Waals surface area contributed by atoms with E-state index in [1.807, 2.05) is 24.3 Å². The third-order valence-corrected chi connectivity index (χ3v) is 2.62. The minimum Gasteiger partial charge on any atom is -0.473 e. The quantitative estimate of drug-likeness (QED) is 0.558. The maximum absolute atomic E-state index is 11.4. The molecule has 0 atom stereocenters. The van der Waals surface area contributed by atoms with Crippen molar-refractivity contribution in [3.8, 4) is 5.75 Å². The van der Waals surface area contributed by atoms with Crippen LogP contribution in [0.15, 0.2) is 24.3 Å². The first-order chi connectivity index (χ1) is 9.27. The van der Waals surface area contributed by atoms with Crippen LogP contribution in [-0.4, -0.2) is 33.0 Å². The Morgan fingerprint density at radius 3 is 2.79 bits per heavy atom. The summed E-state index contributed by atoms with van der Waals surface area (Å²) in [5.74, 6) is 0.810.